The Morgan fingerprint density at radius 2 is 1.89 bits per heavy atom. The van der Waals surface area contributed by atoms with Gasteiger partial charge in [0.25, 0.3) is 0 Å². The summed E-state index contributed by atoms with van der Waals surface area (Å²) in [6.07, 6.45) is 11.0. The van der Waals surface area contributed by atoms with Crippen molar-refractivity contribution in [3.05, 3.63) is 0 Å². The second-order valence-corrected chi connectivity index (χ2v) is 6.26. The molecule has 4 atom stereocenters. The molecule has 4 unspecified atom stereocenters. The van der Waals surface area contributed by atoms with Gasteiger partial charge in [0.05, 0.1) is 6.10 Å². The summed E-state index contributed by atoms with van der Waals surface area (Å²) in [6.45, 7) is 3.46. The van der Waals surface area contributed by atoms with Crippen LogP contribution in [0.5, 0.6) is 0 Å². The van der Waals surface area contributed by atoms with Crippen LogP contribution in [0.3, 0.4) is 0 Å². The second-order valence-electron chi connectivity index (χ2n) is 6.26. The monoisotopic (exact) mass is 254 g/mol. The van der Waals surface area contributed by atoms with E-state index in [-0.39, 0.29) is 6.10 Å². The van der Waals surface area contributed by atoms with E-state index in [0.29, 0.717) is 18.1 Å². The first-order chi connectivity index (χ1) is 8.75. The molecule has 1 heterocycles. The average molecular weight is 254 g/mol. The predicted molar refractivity (Wildman–Crippen MR) is 75.7 cm³/mol. The lowest BCUT2D eigenvalue weighted by atomic mass is 9.97. The molecule has 0 amide bonds. The van der Waals surface area contributed by atoms with Gasteiger partial charge in [-0.3, -0.25) is 0 Å². The molecule has 1 aliphatic carbocycles. The lowest BCUT2D eigenvalue weighted by Gasteiger charge is -2.30. The van der Waals surface area contributed by atoms with Gasteiger partial charge >= 0.3 is 0 Å². The van der Waals surface area contributed by atoms with Gasteiger partial charge in [-0.2, -0.15) is 0 Å². The molecule has 3 heteroatoms. The number of aliphatic hydroxyl groups is 1. The first-order valence-electron chi connectivity index (χ1n) is 7.93. The number of piperidine rings is 1. The van der Waals surface area contributed by atoms with Gasteiger partial charge in [-0.1, -0.05) is 25.7 Å². The lowest BCUT2D eigenvalue weighted by molar-refractivity contribution is 0.112. The molecule has 18 heavy (non-hydrogen) atoms. The van der Waals surface area contributed by atoms with Crippen LogP contribution in [0.2, 0.25) is 0 Å². The molecule has 2 aliphatic rings. The summed E-state index contributed by atoms with van der Waals surface area (Å²) >= 11 is 0. The van der Waals surface area contributed by atoms with Gasteiger partial charge in [-0.15, -0.1) is 0 Å². The normalized spacial score (nSPS) is 36.0. The minimum Gasteiger partial charge on any atom is -0.392 e. The van der Waals surface area contributed by atoms with Crippen LogP contribution in [0.25, 0.3) is 0 Å². The van der Waals surface area contributed by atoms with Crippen molar-refractivity contribution in [1.29, 1.82) is 0 Å². The van der Waals surface area contributed by atoms with Crippen molar-refractivity contribution in [1.82, 2.24) is 10.6 Å². The molecule has 0 radical (unpaired) electrons. The molecule has 106 valence electrons. The SMILES string of the molecule is CC(CC1CCCCN1)NC1CCCCCC1O. The van der Waals surface area contributed by atoms with E-state index in [9.17, 15) is 5.11 Å². The number of hydrogen-bond acceptors (Lipinski definition) is 3. The molecule has 3 nitrogen and oxygen atoms in total. The van der Waals surface area contributed by atoms with E-state index in [2.05, 4.69) is 17.6 Å². The van der Waals surface area contributed by atoms with Crippen LogP contribution in [0.15, 0.2) is 0 Å². The third kappa shape index (κ3) is 4.52. The van der Waals surface area contributed by atoms with Crippen LogP contribution in [0.4, 0.5) is 0 Å². The van der Waals surface area contributed by atoms with Gasteiger partial charge < -0.3 is 15.7 Å². The van der Waals surface area contributed by atoms with Crippen molar-refractivity contribution in [3.63, 3.8) is 0 Å². The predicted octanol–water partition coefficient (Wildman–Crippen LogP) is 2.19. The lowest BCUT2D eigenvalue weighted by Crippen LogP contribution is -2.47. The fourth-order valence-corrected chi connectivity index (χ4v) is 3.47. The van der Waals surface area contributed by atoms with E-state index in [1.165, 1.54) is 51.5 Å². The Balaban J connectivity index is 1.72. The van der Waals surface area contributed by atoms with Crippen LogP contribution in [0, 0.1) is 0 Å². The maximum Gasteiger partial charge on any atom is 0.0693 e. The molecule has 3 N–H and O–H groups in total. The number of aliphatic hydroxyl groups excluding tert-OH is 1. The summed E-state index contributed by atoms with van der Waals surface area (Å²) < 4.78 is 0. The maximum atomic E-state index is 10.1. The molecule has 1 saturated carbocycles. The van der Waals surface area contributed by atoms with Gasteiger partial charge in [0.1, 0.15) is 0 Å². The number of rotatable bonds is 4. The fraction of sp³-hybridized carbons (Fsp3) is 1.00. The molecule has 2 rings (SSSR count). The third-order valence-corrected chi connectivity index (χ3v) is 4.53. The minimum absolute atomic E-state index is 0.130. The maximum absolute atomic E-state index is 10.1. The Morgan fingerprint density at radius 1 is 1.11 bits per heavy atom. The van der Waals surface area contributed by atoms with Crippen molar-refractivity contribution >= 4 is 0 Å². The topological polar surface area (TPSA) is 44.3 Å². The van der Waals surface area contributed by atoms with Gasteiger partial charge in [0.15, 0.2) is 0 Å². The van der Waals surface area contributed by atoms with Crippen molar-refractivity contribution < 1.29 is 5.11 Å². The van der Waals surface area contributed by atoms with Gasteiger partial charge in [0.2, 0.25) is 0 Å². The number of hydrogen-bond donors (Lipinski definition) is 3. The van der Waals surface area contributed by atoms with E-state index in [0.717, 1.165) is 12.8 Å². The van der Waals surface area contributed by atoms with Crippen molar-refractivity contribution in [2.45, 2.75) is 88.9 Å². The highest BCUT2D eigenvalue weighted by atomic mass is 16.3. The highest BCUT2D eigenvalue weighted by Crippen LogP contribution is 2.19. The zero-order chi connectivity index (χ0) is 12.8. The molecule has 2 fully saturated rings. The van der Waals surface area contributed by atoms with E-state index >= 15 is 0 Å². The largest absolute Gasteiger partial charge is 0.392 e. The fourth-order valence-electron chi connectivity index (χ4n) is 3.47. The average Bonchev–Trinajstić information content (AvgIpc) is 2.56. The zero-order valence-electron chi connectivity index (χ0n) is 11.8. The molecule has 0 aromatic rings. The summed E-state index contributed by atoms with van der Waals surface area (Å²) in [7, 11) is 0. The Morgan fingerprint density at radius 3 is 2.67 bits per heavy atom. The summed E-state index contributed by atoms with van der Waals surface area (Å²) in [4.78, 5) is 0. The van der Waals surface area contributed by atoms with Gasteiger partial charge in [-0.25, -0.2) is 0 Å². The molecular weight excluding hydrogens is 224 g/mol. The summed E-state index contributed by atoms with van der Waals surface area (Å²) in [5, 5.41) is 17.4. The molecule has 0 aromatic heterocycles. The van der Waals surface area contributed by atoms with Crippen LogP contribution in [-0.4, -0.2) is 35.9 Å². The van der Waals surface area contributed by atoms with Crippen molar-refractivity contribution in [3.8, 4) is 0 Å². The molecule has 0 aromatic carbocycles. The Hall–Kier alpha value is -0.120. The minimum atomic E-state index is -0.130. The molecule has 1 saturated heterocycles. The van der Waals surface area contributed by atoms with E-state index in [1.54, 1.807) is 0 Å². The summed E-state index contributed by atoms with van der Waals surface area (Å²) in [5.41, 5.74) is 0. The van der Waals surface area contributed by atoms with Gasteiger partial charge in [0, 0.05) is 18.1 Å². The molecule has 1 aliphatic heterocycles. The van der Waals surface area contributed by atoms with Crippen molar-refractivity contribution in [2.24, 2.45) is 0 Å². The standard InChI is InChI=1S/C15H30N2O/c1-12(11-13-7-5-6-10-16-13)17-14-8-3-2-4-9-15(14)18/h12-18H,2-11H2,1H3. The smallest absolute Gasteiger partial charge is 0.0693 e. The molecule has 0 bridgehead atoms. The third-order valence-electron chi connectivity index (χ3n) is 4.53. The van der Waals surface area contributed by atoms with Crippen LogP contribution in [-0.2, 0) is 0 Å². The molecule has 0 spiro atoms. The zero-order valence-corrected chi connectivity index (χ0v) is 11.8. The van der Waals surface area contributed by atoms with E-state index in [4.69, 9.17) is 0 Å². The van der Waals surface area contributed by atoms with Crippen LogP contribution in [0.1, 0.15) is 64.7 Å². The molecular formula is C15H30N2O. The highest BCUT2D eigenvalue weighted by Gasteiger charge is 2.24. The van der Waals surface area contributed by atoms with Crippen LogP contribution < -0.4 is 10.6 Å². The Kier molecular flexibility index (Phi) is 5.93. The number of nitrogens with one attached hydrogen (secondary N) is 2. The Bertz CT molecular complexity index is 229. The van der Waals surface area contributed by atoms with E-state index < -0.39 is 0 Å². The summed E-state index contributed by atoms with van der Waals surface area (Å²) in [6, 6.07) is 1.52. The second kappa shape index (κ2) is 7.46. The van der Waals surface area contributed by atoms with E-state index in [1.807, 2.05) is 0 Å². The summed E-state index contributed by atoms with van der Waals surface area (Å²) in [5.74, 6) is 0. The Labute approximate surface area is 112 Å². The highest BCUT2D eigenvalue weighted by molar-refractivity contribution is 4.84. The van der Waals surface area contributed by atoms with Crippen molar-refractivity contribution in [2.75, 3.05) is 6.54 Å². The van der Waals surface area contributed by atoms with Gasteiger partial charge in [-0.05, 0) is 45.6 Å². The first kappa shape index (κ1) is 14.3. The first-order valence-corrected chi connectivity index (χ1v) is 7.93. The quantitative estimate of drug-likeness (QED) is 0.674. The van der Waals surface area contributed by atoms with Crippen LogP contribution >= 0.6 is 0 Å².